The van der Waals surface area contributed by atoms with Gasteiger partial charge in [-0.1, -0.05) is 83.5 Å². The van der Waals surface area contributed by atoms with Crippen molar-refractivity contribution in [2.45, 2.75) is 45.3 Å². The number of nitrogens with zero attached hydrogens (tertiary/aromatic N) is 5. The topological polar surface area (TPSA) is 75.5 Å². The summed E-state index contributed by atoms with van der Waals surface area (Å²) in [4.78, 5) is 17.5. The van der Waals surface area contributed by atoms with Gasteiger partial charge < -0.3 is 15.0 Å². The first-order valence-electron chi connectivity index (χ1n) is 14.6. The Bertz CT molecular complexity index is 1420. The Kier molecular flexibility index (Phi) is 10.1. The second-order valence-electron chi connectivity index (χ2n) is 10.8. The van der Waals surface area contributed by atoms with E-state index in [0.717, 1.165) is 54.6 Å². The van der Waals surface area contributed by atoms with Crippen molar-refractivity contribution in [3.8, 4) is 0 Å². The molecule has 1 aliphatic rings. The van der Waals surface area contributed by atoms with E-state index in [1.54, 1.807) is 0 Å². The molecule has 1 fully saturated rings. The lowest BCUT2D eigenvalue weighted by molar-refractivity contribution is 0.142. The number of carbonyl (C=O) groups is 1. The van der Waals surface area contributed by atoms with E-state index in [1.807, 2.05) is 60.3 Å². The lowest BCUT2D eigenvalue weighted by Gasteiger charge is -2.36. The van der Waals surface area contributed by atoms with E-state index in [4.69, 9.17) is 16.3 Å². The van der Waals surface area contributed by atoms with Crippen LogP contribution < -0.4 is 10.2 Å². The van der Waals surface area contributed by atoms with Crippen molar-refractivity contribution in [1.82, 2.24) is 25.2 Å². The van der Waals surface area contributed by atoms with Crippen LogP contribution in [-0.4, -0.2) is 64.8 Å². The molecule has 2 heterocycles. The number of nitrogens with one attached hydrogen (secondary N) is 1. The van der Waals surface area contributed by atoms with E-state index in [1.165, 1.54) is 11.3 Å². The van der Waals surface area contributed by atoms with E-state index in [9.17, 15) is 4.79 Å². The number of hydrogen-bond donors (Lipinski definition) is 1. The molecular weight excluding hydrogens is 548 g/mol. The molecule has 1 aliphatic heterocycles. The van der Waals surface area contributed by atoms with Gasteiger partial charge in [0.25, 0.3) is 0 Å². The van der Waals surface area contributed by atoms with Crippen LogP contribution in [0, 0.1) is 6.92 Å². The van der Waals surface area contributed by atoms with E-state index in [-0.39, 0.29) is 12.1 Å². The van der Waals surface area contributed by atoms with Gasteiger partial charge in [-0.15, -0.1) is 5.10 Å². The first-order chi connectivity index (χ1) is 20.5. The monoisotopic (exact) mass is 586 g/mol. The molecular formula is C33H39ClN6O2. The Morgan fingerprint density at radius 3 is 2.29 bits per heavy atom. The maximum absolute atomic E-state index is 12.7. The SMILES string of the molecule is CCOC(=O)N[C@@H](Cc1ccccc1)[C@H](Cc1ccccc1)n1cc(CN2CCN(c3cc(Cl)ccc3C)CC2)nn1. The number of aryl methyl sites for hydroxylation is 1. The van der Waals surface area contributed by atoms with Crippen molar-refractivity contribution < 1.29 is 9.53 Å². The van der Waals surface area contributed by atoms with Gasteiger partial charge in [-0.25, -0.2) is 9.48 Å². The summed E-state index contributed by atoms with van der Waals surface area (Å²) in [6.45, 7) is 8.67. The Balaban J connectivity index is 1.32. The molecule has 1 amide bonds. The van der Waals surface area contributed by atoms with Crippen molar-refractivity contribution in [1.29, 1.82) is 0 Å². The zero-order chi connectivity index (χ0) is 29.3. The smallest absolute Gasteiger partial charge is 0.407 e. The summed E-state index contributed by atoms with van der Waals surface area (Å²) in [5, 5.41) is 13.1. The molecule has 220 valence electrons. The number of alkyl carbamates (subject to hydrolysis) is 1. The summed E-state index contributed by atoms with van der Waals surface area (Å²) in [7, 11) is 0. The van der Waals surface area contributed by atoms with Gasteiger partial charge in [0.1, 0.15) is 0 Å². The number of piperazine rings is 1. The summed E-state index contributed by atoms with van der Waals surface area (Å²) in [6.07, 6.45) is 2.93. The highest BCUT2D eigenvalue weighted by Crippen LogP contribution is 2.26. The third kappa shape index (κ3) is 7.89. The zero-order valence-corrected chi connectivity index (χ0v) is 25.1. The second kappa shape index (κ2) is 14.3. The summed E-state index contributed by atoms with van der Waals surface area (Å²) in [5.41, 5.74) is 5.65. The Morgan fingerprint density at radius 2 is 1.62 bits per heavy atom. The van der Waals surface area contributed by atoms with Gasteiger partial charge in [0, 0.05) is 43.4 Å². The van der Waals surface area contributed by atoms with Gasteiger partial charge in [0.2, 0.25) is 0 Å². The van der Waals surface area contributed by atoms with Crippen LogP contribution in [0.25, 0.3) is 0 Å². The fourth-order valence-corrected chi connectivity index (χ4v) is 5.76. The molecule has 1 aromatic heterocycles. The zero-order valence-electron chi connectivity index (χ0n) is 24.3. The van der Waals surface area contributed by atoms with Gasteiger partial charge in [-0.2, -0.15) is 0 Å². The quantitative estimate of drug-likeness (QED) is 0.243. The van der Waals surface area contributed by atoms with Crippen LogP contribution in [0.5, 0.6) is 0 Å². The molecule has 1 N–H and O–H groups in total. The normalized spacial score (nSPS) is 15.3. The maximum atomic E-state index is 12.7. The third-order valence-electron chi connectivity index (χ3n) is 7.80. The number of aromatic nitrogens is 3. The standard InChI is InChI=1S/C33H39ClN6O2/c1-3-42-33(41)35-30(20-26-10-6-4-7-11-26)32(21-27-12-8-5-9-13-27)40-24-29(36-37-40)23-38-16-18-39(19-17-38)31-22-28(34)15-14-25(31)2/h4-15,22,24,30,32H,3,16-21,23H2,1-2H3,(H,35,41)/t30-,32-/m0/s1. The molecule has 9 heteroatoms. The fraction of sp³-hybridized carbons (Fsp3) is 0.364. The van der Waals surface area contributed by atoms with Crippen LogP contribution in [0.1, 0.15) is 35.3 Å². The predicted octanol–water partition coefficient (Wildman–Crippen LogP) is 5.70. The largest absolute Gasteiger partial charge is 0.450 e. The highest BCUT2D eigenvalue weighted by atomic mass is 35.5. The molecule has 0 radical (unpaired) electrons. The minimum absolute atomic E-state index is 0.166. The fourth-order valence-electron chi connectivity index (χ4n) is 5.60. The summed E-state index contributed by atoms with van der Waals surface area (Å²) >= 11 is 6.28. The number of anilines is 1. The van der Waals surface area contributed by atoms with Crippen molar-refractivity contribution >= 4 is 23.4 Å². The van der Waals surface area contributed by atoms with Gasteiger partial charge in [0.05, 0.1) is 30.6 Å². The first-order valence-corrected chi connectivity index (χ1v) is 15.0. The Morgan fingerprint density at radius 1 is 0.952 bits per heavy atom. The molecule has 42 heavy (non-hydrogen) atoms. The highest BCUT2D eigenvalue weighted by Gasteiger charge is 2.28. The number of carbonyl (C=O) groups excluding carboxylic acids is 1. The van der Waals surface area contributed by atoms with Crippen LogP contribution in [0.4, 0.5) is 10.5 Å². The number of hydrogen-bond acceptors (Lipinski definition) is 6. The number of ether oxygens (including phenoxy) is 1. The summed E-state index contributed by atoms with van der Waals surface area (Å²) in [6, 6.07) is 26.1. The lowest BCUT2D eigenvalue weighted by Crippen LogP contribution is -2.46. The third-order valence-corrected chi connectivity index (χ3v) is 8.03. The van der Waals surface area contributed by atoms with Gasteiger partial charge in [0.15, 0.2) is 0 Å². The molecule has 0 aliphatic carbocycles. The van der Waals surface area contributed by atoms with E-state index >= 15 is 0 Å². The molecule has 3 aromatic carbocycles. The van der Waals surface area contributed by atoms with Crippen LogP contribution in [0.15, 0.2) is 85.1 Å². The van der Waals surface area contributed by atoms with E-state index in [0.29, 0.717) is 19.4 Å². The Hall–Kier alpha value is -3.88. The molecule has 0 spiro atoms. The van der Waals surface area contributed by atoms with Crippen molar-refractivity contribution in [3.63, 3.8) is 0 Å². The number of halogens is 1. The molecule has 4 aromatic rings. The summed E-state index contributed by atoms with van der Waals surface area (Å²) in [5.74, 6) is 0. The van der Waals surface area contributed by atoms with Gasteiger partial charge in [-0.05, 0) is 55.5 Å². The molecule has 0 saturated carbocycles. The maximum Gasteiger partial charge on any atom is 0.407 e. The average Bonchev–Trinajstić information content (AvgIpc) is 3.46. The first kappa shape index (κ1) is 29.6. The van der Waals surface area contributed by atoms with Crippen molar-refractivity contribution in [2.24, 2.45) is 0 Å². The van der Waals surface area contributed by atoms with Gasteiger partial charge in [-0.3, -0.25) is 4.90 Å². The van der Waals surface area contributed by atoms with E-state index < -0.39 is 6.09 Å². The molecule has 2 atom stereocenters. The average molecular weight is 587 g/mol. The lowest BCUT2D eigenvalue weighted by atomic mass is 9.94. The predicted molar refractivity (Wildman–Crippen MR) is 167 cm³/mol. The van der Waals surface area contributed by atoms with Crippen molar-refractivity contribution in [2.75, 3.05) is 37.7 Å². The van der Waals surface area contributed by atoms with Crippen LogP contribution in [-0.2, 0) is 24.1 Å². The summed E-state index contributed by atoms with van der Waals surface area (Å²) < 4.78 is 7.22. The Labute approximate surface area is 253 Å². The molecule has 0 bridgehead atoms. The minimum Gasteiger partial charge on any atom is -0.450 e. The van der Waals surface area contributed by atoms with Crippen LogP contribution >= 0.6 is 11.6 Å². The van der Waals surface area contributed by atoms with E-state index in [2.05, 4.69) is 68.8 Å². The molecule has 0 unspecified atom stereocenters. The molecule has 1 saturated heterocycles. The van der Waals surface area contributed by atoms with Gasteiger partial charge >= 0.3 is 6.09 Å². The number of amides is 1. The minimum atomic E-state index is -0.426. The van der Waals surface area contributed by atoms with Crippen LogP contribution in [0.3, 0.4) is 0 Å². The highest BCUT2D eigenvalue weighted by molar-refractivity contribution is 6.30. The van der Waals surface area contributed by atoms with Crippen molar-refractivity contribution in [3.05, 3.63) is 112 Å². The molecule has 8 nitrogen and oxygen atoms in total. The number of benzene rings is 3. The second-order valence-corrected chi connectivity index (χ2v) is 11.2. The molecule has 5 rings (SSSR count). The number of rotatable bonds is 11. The van der Waals surface area contributed by atoms with Crippen LogP contribution in [0.2, 0.25) is 5.02 Å².